The molecule has 1 fully saturated rings. The Morgan fingerprint density at radius 1 is 1.08 bits per heavy atom. The van der Waals surface area contributed by atoms with E-state index in [9.17, 15) is 9.59 Å². The van der Waals surface area contributed by atoms with E-state index in [4.69, 9.17) is 18.9 Å². The van der Waals surface area contributed by atoms with Gasteiger partial charge >= 0.3 is 5.97 Å². The Bertz CT molecular complexity index is 612. The highest BCUT2D eigenvalue weighted by atomic mass is 16.6. The van der Waals surface area contributed by atoms with Crippen LogP contribution in [0.2, 0.25) is 0 Å². The number of carbonyl (C=O) groups excluding carboxylic acids is 2. The summed E-state index contributed by atoms with van der Waals surface area (Å²) < 4.78 is 21.6. The van der Waals surface area contributed by atoms with E-state index in [-0.39, 0.29) is 36.8 Å². The predicted octanol–water partition coefficient (Wildman–Crippen LogP) is 2.53. The summed E-state index contributed by atoms with van der Waals surface area (Å²) in [7, 11) is 1.63. The standard InChI is InChI=1S/C18H22O6/c1-21-14-3-2-4-16(14)24-18(20)8-6-13(19)12-5-7-15-17(11-12)23-10-9-22-15/h5,7,11,14,16H,2-4,6,8-10H2,1H3/t14-,16+/m0/s1. The van der Waals surface area contributed by atoms with Crippen molar-refractivity contribution >= 4 is 11.8 Å². The molecular formula is C18H22O6. The third kappa shape index (κ3) is 3.87. The number of Topliss-reactive ketones (excluding diaryl/α,β-unsaturated/α-hetero) is 1. The van der Waals surface area contributed by atoms with E-state index < -0.39 is 0 Å². The van der Waals surface area contributed by atoms with E-state index in [1.54, 1.807) is 25.3 Å². The van der Waals surface area contributed by atoms with Crippen LogP contribution in [0.15, 0.2) is 18.2 Å². The molecule has 1 saturated carbocycles. The summed E-state index contributed by atoms with van der Waals surface area (Å²) in [6.45, 7) is 0.981. The van der Waals surface area contributed by atoms with Gasteiger partial charge in [0.2, 0.25) is 0 Å². The van der Waals surface area contributed by atoms with Gasteiger partial charge in [-0.2, -0.15) is 0 Å². The van der Waals surface area contributed by atoms with E-state index in [1.807, 2.05) is 0 Å². The zero-order valence-corrected chi connectivity index (χ0v) is 13.8. The van der Waals surface area contributed by atoms with Crippen LogP contribution in [-0.2, 0) is 14.3 Å². The fraction of sp³-hybridized carbons (Fsp3) is 0.556. The molecule has 0 N–H and O–H groups in total. The van der Waals surface area contributed by atoms with Crippen molar-refractivity contribution in [2.75, 3.05) is 20.3 Å². The third-order valence-corrected chi connectivity index (χ3v) is 4.40. The van der Waals surface area contributed by atoms with Gasteiger partial charge < -0.3 is 18.9 Å². The second-order valence-electron chi connectivity index (χ2n) is 6.01. The molecular weight excluding hydrogens is 312 g/mol. The minimum Gasteiger partial charge on any atom is -0.486 e. The van der Waals surface area contributed by atoms with Crippen LogP contribution in [0.5, 0.6) is 11.5 Å². The van der Waals surface area contributed by atoms with Crippen molar-refractivity contribution in [3.05, 3.63) is 23.8 Å². The molecule has 6 heteroatoms. The van der Waals surface area contributed by atoms with Gasteiger partial charge in [0.25, 0.3) is 0 Å². The molecule has 0 amide bonds. The molecule has 130 valence electrons. The quantitative estimate of drug-likeness (QED) is 0.588. The fourth-order valence-corrected chi connectivity index (χ4v) is 3.10. The first-order valence-electron chi connectivity index (χ1n) is 8.32. The molecule has 0 radical (unpaired) electrons. The van der Waals surface area contributed by atoms with Crippen molar-refractivity contribution < 1.29 is 28.5 Å². The molecule has 0 spiro atoms. The fourth-order valence-electron chi connectivity index (χ4n) is 3.10. The lowest BCUT2D eigenvalue weighted by atomic mass is 10.1. The highest BCUT2D eigenvalue weighted by Crippen LogP contribution is 2.31. The van der Waals surface area contributed by atoms with Crippen LogP contribution in [0.4, 0.5) is 0 Å². The number of methoxy groups -OCH3 is 1. The first kappa shape index (κ1) is 16.8. The number of esters is 1. The number of fused-ring (bicyclic) bond motifs is 1. The molecule has 6 nitrogen and oxygen atoms in total. The van der Waals surface area contributed by atoms with Crippen LogP contribution < -0.4 is 9.47 Å². The molecule has 2 aliphatic rings. The second kappa shape index (κ2) is 7.66. The summed E-state index contributed by atoms with van der Waals surface area (Å²) in [6, 6.07) is 5.08. The Morgan fingerprint density at radius 2 is 1.83 bits per heavy atom. The zero-order valence-electron chi connectivity index (χ0n) is 13.8. The summed E-state index contributed by atoms with van der Waals surface area (Å²) in [5.74, 6) is 0.751. The summed E-state index contributed by atoms with van der Waals surface area (Å²) in [5.41, 5.74) is 0.516. The van der Waals surface area contributed by atoms with Crippen molar-refractivity contribution in [1.82, 2.24) is 0 Å². The van der Waals surface area contributed by atoms with Crippen molar-refractivity contribution in [3.8, 4) is 11.5 Å². The van der Waals surface area contributed by atoms with Crippen molar-refractivity contribution in [3.63, 3.8) is 0 Å². The molecule has 1 heterocycles. The lowest BCUT2D eigenvalue weighted by molar-refractivity contribution is -0.154. The molecule has 1 aliphatic heterocycles. The third-order valence-electron chi connectivity index (χ3n) is 4.40. The number of hydrogen-bond donors (Lipinski definition) is 0. The van der Waals surface area contributed by atoms with Gasteiger partial charge in [-0.1, -0.05) is 0 Å². The minimum absolute atomic E-state index is 0.0255. The van der Waals surface area contributed by atoms with Crippen LogP contribution >= 0.6 is 0 Å². The molecule has 0 unspecified atom stereocenters. The second-order valence-corrected chi connectivity index (χ2v) is 6.01. The Morgan fingerprint density at radius 3 is 2.62 bits per heavy atom. The van der Waals surface area contributed by atoms with Gasteiger partial charge in [0.05, 0.1) is 12.5 Å². The molecule has 24 heavy (non-hydrogen) atoms. The number of hydrogen-bond acceptors (Lipinski definition) is 6. The summed E-state index contributed by atoms with van der Waals surface area (Å²) >= 11 is 0. The molecule has 2 atom stereocenters. The summed E-state index contributed by atoms with van der Waals surface area (Å²) in [6.07, 6.45) is 2.69. The van der Waals surface area contributed by atoms with Gasteiger partial charge in [-0.05, 0) is 37.5 Å². The van der Waals surface area contributed by atoms with Crippen molar-refractivity contribution in [2.45, 2.75) is 44.3 Å². The first-order chi connectivity index (χ1) is 11.7. The number of benzene rings is 1. The van der Waals surface area contributed by atoms with Crippen LogP contribution in [0, 0.1) is 0 Å². The SMILES string of the molecule is CO[C@H]1CCC[C@H]1OC(=O)CCC(=O)c1ccc2c(c1)OCCO2. The molecule has 1 aromatic carbocycles. The topological polar surface area (TPSA) is 71.1 Å². The summed E-state index contributed by atoms with van der Waals surface area (Å²) in [5, 5.41) is 0. The Balaban J connectivity index is 1.51. The summed E-state index contributed by atoms with van der Waals surface area (Å²) in [4.78, 5) is 24.2. The number of ketones is 1. The zero-order chi connectivity index (χ0) is 16.9. The van der Waals surface area contributed by atoms with Gasteiger partial charge in [-0.3, -0.25) is 9.59 Å². The molecule has 3 rings (SSSR count). The van der Waals surface area contributed by atoms with E-state index in [0.29, 0.717) is 30.3 Å². The van der Waals surface area contributed by atoms with E-state index >= 15 is 0 Å². The molecule has 0 aromatic heterocycles. The highest BCUT2D eigenvalue weighted by molar-refractivity contribution is 5.98. The Labute approximate surface area is 141 Å². The van der Waals surface area contributed by atoms with Gasteiger partial charge in [0, 0.05) is 19.1 Å². The average Bonchev–Trinajstić information content (AvgIpc) is 3.06. The number of carbonyl (C=O) groups is 2. The van der Waals surface area contributed by atoms with E-state index in [0.717, 1.165) is 19.3 Å². The highest BCUT2D eigenvalue weighted by Gasteiger charge is 2.30. The minimum atomic E-state index is -0.352. The molecule has 0 bridgehead atoms. The van der Waals surface area contributed by atoms with Crippen LogP contribution in [0.1, 0.15) is 42.5 Å². The Hall–Kier alpha value is -2.08. The normalized spacial score (nSPS) is 22.2. The largest absolute Gasteiger partial charge is 0.486 e. The Kier molecular flexibility index (Phi) is 5.35. The molecule has 0 saturated heterocycles. The van der Waals surface area contributed by atoms with Crippen LogP contribution in [-0.4, -0.2) is 44.3 Å². The van der Waals surface area contributed by atoms with E-state index in [1.165, 1.54) is 0 Å². The van der Waals surface area contributed by atoms with Gasteiger partial charge in [-0.25, -0.2) is 0 Å². The maximum Gasteiger partial charge on any atom is 0.306 e. The number of rotatable bonds is 6. The number of ether oxygens (including phenoxy) is 4. The van der Waals surface area contributed by atoms with Gasteiger partial charge in [0.15, 0.2) is 17.3 Å². The molecule has 1 aliphatic carbocycles. The maximum absolute atomic E-state index is 12.3. The molecule has 1 aromatic rings. The lowest BCUT2D eigenvalue weighted by Crippen LogP contribution is -2.27. The smallest absolute Gasteiger partial charge is 0.306 e. The van der Waals surface area contributed by atoms with Crippen molar-refractivity contribution in [2.24, 2.45) is 0 Å². The van der Waals surface area contributed by atoms with Crippen molar-refractivity contribution in [1.29, 1.82) is 0 Å². The first-order valence-corrected chi connectivity index (χ1v) is 8.32. The lowest BCUT2D eigenvalue weighted by Gasteiger charge is -2.19. The van der Waals surface area contributed by atoms with Crippen LogP contribution in [0.25, 0.3) is 0 Å². The van der Waals surface area contributed by atoms with E-state index in [2.05, 4.69) is 0 Å². The van der Waals surface area contributed by atoms with Gasteiger partial charge in [0.1, 0.15) is 19.3 Å². The van der Waals surface area contributed by atoms with Gasteiger partial charge in [-0.15, -0.1) is 0 Å². The monoisotopic (exact) mass is 334 g/mol. The van der Waals surface area contributed by atoms with Crippen LogP contribution in [0.3, 0.4) is 0 Å². The maximum atomic E-state index is 12.3. The predicted molar refractivity (Wildman–Crippen MR) is 85.5 cm³/mol. The average molecular weight is 334 g/mol.